The molecule has 3 heterocycles. The molecule has 1 aromatic carbocycles. The Labute approximate surface area is 194 Å². The van der Waals surface area contributed by atoms with Crippen molar-refractivity contribution in [2.75, 3.05) is 18.4 Å². The van der Waals surface area contributed by atoms with Gasteiger partial charge in [-0.2, -0.15) is 0 Å². The van der Waals surface area contributed by atoms with Gasteiger partial charge in [-0.15, -0.1) is 0 Å². The maximum atomic E-state index is 13.0. The van der Waals surface area contributed by atoms with Gasteiger partial charge >= 0.3 is 0 Å². The first-order chi connectivity index (χ1) is 16.2. The van der Waals surface area contributed by atoms with Crippen molar-refractivity contribution < 1.29 is 4.79 Å². The van der Waals surface area contributed by atoms with Gasteiger partial charge in [0.2, 0.25) is 5.91 Å². The van der Waals surface area contributed by atoms with E-state index in [1.54, 1.807) is 12.4 Å². The molecule has 1 N–H and O–H groups in total. The van der Waals surface area contributed by atoms with E-state index in [2.05, 4.69) is 22.5 Å². The van der Waals surface area contributed by atoms with Gasteiger partial charge in [0.1, 0.15) is 11.6 Å². The summed E-state index contributed by atoms with van der Waals surface area (Å²) in [5.74, 6) is 2.33. The number of benzene rings is 1. The van der Waals surface area contributed by atoms with Crippen LogP contribution in [0.1, 0.15) is 43.8 Å². The van der Waals surface area contributed by atoms with Gasteiger partial charge in [-0.1, -0.05) is 30.4 Å². The summed E-state index contributed by atoms with van der Waals surface area (Å²) in [6.45, 7) is 1.50. The normalized spacial score (nSPS) is 20.1. The number of allylic oxidation sites excluding steroid dienone is 2. The van der Waals surface area contributed by atoms with Gasteiger partial charge in [-0.05, 0) is 55.9 Å². The van der Waals surface area contributed by atoms with Crippen molar-refractivity contribution in [2.45, 2.75) is 38.0 Å². The molecule has 3 aromatic rings. The maximum Gasteiger partial charge on any atom is 0.223 e. The van der Waals surface area contributed by atoms with Crippen molar-refractivity contribution in [3.8, 4) is 11.3 Å². The molecular formula is C27H29N5O. The average molecular weight is 440 g/mol. The summed E-state index contributed by atoms with van der Waals surface area (Å²) in [5.41, 5.74) is 2.84. The number of hydrogen-bond acceptors (Lipinski definition) is 5. The quantitative estimate of drug-likeness (QED) is 0.525. The van der Waals surface area contributed by atoms with E-state index in [9.17, 15) is 4.79 Å². The summed E-state index contributed by atoms with van der Waals surface area (Å²) < 4.78 is 0. The highest BCUT2D eigenvalue weighted by molar-refractivity contribution is 5.77. The third kappa shape index (κ3) is 5.28. The van der Waals surface area contributed by atoms with Gasteiger partial charge in [0.05, 0.1) is 5.69 Å². The minimum Gasteiger partial charge on any atom is -0.342 e. The zero-order valence-electron chi connectivity index (χ0n) is 18.7. The largest absolute Gasteiger partial charge is 0.342 e. The number of aromatic nitrogens is 3. The molecule has 0 spiro atoms. The molecule has 2 atom stereocenters. The predicted octanol–water partition coefficient (Wildman–Crippen LogP) is 5.34. The van der Waals surface area contributed by atoms with Crippen molar-refractivity contribution in [3.05, 3.63) is 78.9 Å². The zero-order valence-corrected chi connectivity index (χ0v) is 18.7. The molecule has 5 rings (SSSR count). The van der Waals surface area contributed by atoms with Crippen LogP contribution in [0.25, 0.3) is 11.3 Å². The molecule has 33 heavy (non-hydrogen) atoms. The van der Waals surface area contributed by atoms with E-state index in [0.29, 0.717) is 18.9 Å². The Kier molecular flexibility index (Phi) is 6.42. The summed E-state index contributed by atoms with van der Waals surface area (Å²) in [6.07, 6.45) is 12.7. The molecule has 2 aliphatic rings. The van der Waals surface area contributed by atoms with E-state index in [-0.39, 0.29) is 11.8 Å². The van der Waals surface area contributed by atoms with Crippen LogP contribution in [0.2, 0.25) is 0 Å². The Morgan fingerprint density at radius 1 is 1.06 bits per heavy atom. The van der Waals surface area contributed by atoms with Gasteiger partial charge in [0.25, 0.3) is 0 Å². The highest BCUT2D eigenvalue weighted by atomic mass is 16.2. The SMILES string of the molecule is O=C(C[C@H]1C=CCC1)N1CCC[C@@H](c2nc(Nc3ccccc3)cc(-c3ccncc3)n2)C1. The maximum absolute atomic E-state index is 13.0. The number of nitrogens with one attached hydrogen (secondary N) is 1. The second-order valence-corrected chi connectivity index (χ2v) is 8.87. The zero-order chi connectivity index (χ0) is 22.5. The number of anilines is 2. The molecule has 6 heteroatoms. The lowest BCUT2D eigenvalue weighted by atomic mass is 9.95. The summed E-state index contributed by atoms with van der Waals surface area (Å²) in [5, 5.41) is 3.42. The minimum absolute atomic E-state index is 0.125. The highest BCUT2D eigenvalue weighted by Crippen LogP contribution is 2.30. The molecule has 6 nitrogen and oxygen atoms in total. The fourth-order valence-corrected chi connectivity index (χ4v) is 4.69. The van der Waals surface area contributed by atoms with Crippen LogP contribution >= 0.6 is 0 Å². The average Bonchev–Trinajstić information content (AvgIpc) is 3.38. The van der Waals surface area contributed by atoms with Crippen LogP contribution in [0, 0.1) is 5.92 Å². The van der Waals surface area contributed by atoms with E-state index in [1.165, 1.54) is 0 Å². The number of pyridine rings is 1. The number of piperidine rings is 1. The predicted molar refractivity (Wildman–Crippen MR) is 130 cm³/mol. The van der Waals surface area contributed by atoms with E-state index < -0.39 is 0 Å². The Morgan fingerprint density at radius 3 is 2.70 bits per heavy atom. The van der Waals surface area contributed by atoms with Crippen molar-refractivity contribution in [1.82, 2.24) is 19.9 Å². The second-order valence-electron chi connectivity index (χ2n) is 8.87. The van der Waals surface area contributed by atoms with Crippen LogP contribution in [-0.4, -0.2) is 38.8 Å². The molecule has 2 aromatic heterocycles. The molecule has 1 amide bonds. The van der Waals surface area contributed by atoms with Crippen molar-refractivity contribution >= 4 is 17.4 Å². The van der Waals surface area contributed by atoms with E-state index in [4.69, 9.17) is 9.97 Å². The minimum atomic E-state index is 0.125. The molecule has 1 fully saturated rings. The van der Waals surface area contributed by atoms with E-state index in [0.717, 1.165) is 60.8 Å². The number of nitrogens with zero attached hydrogens (tertiary/aromatic N) is 4. The van der Waals surface area contributed by atoms with Crippen molar-refractivity contribution in [2.24, 2.45) is 5.92 Å². The molecule has 0 unspecified atom stereocenters. The topological polar surface area (TPSA) is 71.0 Å². The molecule has 1 saturated heterocycles. The highest BCUT2D eigenvalue weighted by Gasteiger charge is 2.28. The Morgan fingerprint density at radius 2 is 1.91 bits per heavy atom. The third-order valence-corrected chi connectivity index (χ3v) is 6.45. The number of carbonyl (C=O) groups is 1. The first-order valence-electron chi connectivity index (χ1n) is 11.8. The Balaban J connectivity index is 1.40. The van der Waals surface area contributed by atoms with Gasteiger partial charge < -0.3 is 10.2 Å². The van der Waals surface area contributed by atoms with E-state index >= 15 is 0 Å². The van der Waals surface area contributed by atoms with Crippen LogP contribution in [-0.2, 0) is 4.79 Å². The standard InChI is InChI=1S/C27H29N5O/c33-26(17-20-7-4-5-8-20)32-16-6-9-22(19-32)27-30-24(21-12-14-28-15-13-21)18-25(31-27)29-23-10-2-1-3-11-23/h1-4,7,10-15,18,20,22H,5-6,8-9,16-17,19H2,(H,29,30,31)/t20-,22+/m0/s1. The molecule has 168 valence electrons. The summed E-state index contributed by atoms with van der Waals surface area (Å²) in [6, 6.07) is 15.9. The molecule has 1 aliphatic carbocycles. The first-order valence-corrected chi connectivity index (χ1v) is 11.8. The molecule has 0 saturated carbocycles. The second kappa shape index (κ2) is 9.94. The number of amides is 1. The van der Waals surface area contributed by atoms with Crippen LogP contribution in [0.3, 0.4) is 0 Å². The smallest absolute Gasteiger partial charge is 0.223 e. The number of para-hydroxylation sites is 1. The summed E-state index contributed by atoms with van der Waals surface area (Å²) in [4.78, 5) is 28.9. The lowest BCUT2D eigenvalue weighted by Crippen LogP contribution is -2.40. The first kappa shape index (κ1) is 21.3. The lowest BCUT2D eigenvalue weighted by Gasteiger charge is -2.33. The third-order valence-electron chi connectivity index (χ3n) is 6.45. The summed E-state index contributed by atoms with van der Waals surface area (Å²) in [7, 11) is 0. The van der Waals surface area contributed by atoms with Gasteiger partial charge in [0, 0.05) is 55.1 Å². The molecule has 0 bridgehead atoms. The summed E-state index contributed by atoms with van der Waals surface area (Å²) >= 11 is 0. The number of hydrogen-bond donors (Lipinski definition) is 1. The van der Waals surface area contributed by atoms with E-state index in [1.807, 2.05) is 53.4 Å². The molecular weight excluding hydrogens is 410 g/mol. The van der Waals surface area contributed by atoms with Gasteiger partial charge in [0.15, 0.2) is 0 Å². The monoisotopic (exact) mass is 439 g/mol. The molecule has 0 radical (unpaired) electrons. The van der Waals surface area contributed by atoms with Crippen LogP contribution in [0.5, 0.6) is 0 Å². The van der Waals surface area contributed by atoms with Crippen LogP contribution in [0.4, 0.5) is 11.5 Å². The number of rotatable bonds is 6. The lowest BCUT2D eigenvalue weighted by molar-refractivity contribution is -0.133. The van der Waals surface area contributed by atoms with Gasteiger partial charge in [-0.25, -0.2) is 9.97 Å². The van der Waals surface area contributed by atoms with Crippen LogP contribution < -0.4 is 5.32 Å². The van der Waals surface area contributed by atoms with Crippen molar-refractivity contribution in [1.29, 1.82) is 0 Å². The number of likely N-dealkylation sites (tertiary alicyclic amines) is 1. The van der Waals surface area contributed by atoms with Gasteiger partial charge in [-0.3, -0.25) is 9.78 Å². The number of carbonyl (C=O) groups excluding carboxylic acids is 1. The molecule has 1 aliphatic heterocycles. The fraction of sp³-hybridized carbons (Fsp3) is 0.333. The Bertz CT molecular complexity index is 1120. The fourth-order valence-electron chi connectivity index (χ4n) is 4.69. The Hall–Kier alpha value is -3.54. The van der Waals surface area contributed by atoms with Crippen molar-refractivity contribution in [3.63, 3.8) is 0 Å². The van der Waals surface area contributed by atoms with Crippen LogP contribution in [0.15, 0.2) is 73.1 Å².